The van der Waals surface area contributed by atoms with Crippen molar-refractivity contribution in [2.24, 2.45) is 0 Å². The molecule has 1 heterocycles. The number of carbonyl (C=O) groups is 3. The van der Waals surface area contributed by atoms with Gasteiger partial charge in [0.15, 0.2) is 18.1 Å². The van der Waals surface area contributed by atoms with Gasteiger partial charge < -0.3 is 14.2 Å². The number of carbonyl (C=O) groups excluding carboxylic acids is 3. The summed E-state index contributed by atoms with van der Waals surface area (Å²) in [6.07, 6.45) is 1.65. The smallest absolute Gasteiger partial charge is 0.338 e. The van der Waals surface area contributed by atoms with Crippen LogP contribution in [0.4, 0.5) is 0 Å². The Morgan fingerprint density at radius 1 is 1.00 bits per heavy atom. The molecule has 2 aromatic rings. The molecule has 1 aromatic heterocycles. The average Bonchev–Trinajstić information content (AvgIpc) is 3.24. The van der Waals surface area contributed by atoms with Crippen molar-refractivity contribution in [2.45, 2.75) is 26.7 Å². The van der Waals surface area contributed by atoms with Crippen LogP contribution in [-0.2, 0) is 9.53 Å². The number of ether oxygens (including phenoxy) is 3. The zero-order valence-corrected chi connectivity index (χ0v) is 16.7. The van der Waals surface area contributed by atoms with E-state index in [-0.39, 0.29) is 5.56 Å². The predicted molar refractivity (Wildman–Crippen MR) is 105 cm³/mol. The summed E-state index contributed by atoms with van der Waals surface area (Å²) in [5.41, 5.74) is 0.229. The van der Waals surface area contributed by atoms with Gasteiger partial charge in [0.05, 0.1) is 23.7 Å². The van der Waals surface area contributed by atoms with Crippen LogP contribution in [0.3, 0.4) is 0 Å². The van der Waals surface area contributed by atoms with E-state index < -0.39 is 24.4 Å². The standard InChI is InChI=1S/C20H23NO6S/c1-3-9-25-15-8-7-14(12-16(15)26-10-4-2)20(24)27-13-18(22)21-19(23)17-6-5-11-28-17/h5-8,11-12H,3-4,9-10,13H2,1-2H3,(H,21,22,23). The number of amides is 2. The lowest BCUT2D eigenvalue weighted by atomic mass is 10.2. The summed E-state index contributed by atoms with van der Waals surface area (Å²) >= 11 is 1.21. The lowest BCUT2D eigenvalue weighted by molar-refractivity contribution is -0.123. The molecule has 0 atom stereocenters. The van der Waals surface area contributed by atoms with Crippen molar-refractivity contribution in [1.29, 1.82) is 0 Å². The number of benzene rings is 1. The van der Waals surface area contributed by atoms with E-state index in [1.165, 1.54) is 17.4 Å². The Hall–Kier alpha value is -2.87. The molecule has 0 spiro atoms. The third kappa shape index (κ3) is 6.38. The van der Waals surface area contributed by atoms with E-state index in [0.29, 0.717) is 29.6 Å². The molecule has 7 nitrogen and oxygen atoms in total. The van der Waals surface area contributed by atoms with Gasteiger partial charge in [0.25, 0.3) is 11.8 Å². The van der Waals surface area contributed by atoms with E-state index >= 15 is 0 Å². The highest BCUT2D eigenvalue weighted by atomic mass is 32.1. The summed E-state index contributed by atoms with van der Waals surface area (Å²) < 4.78 is 16.2. The second-order valence-corrected chi connectivity index (χ2v) is 6.74. The highest BCUT2D eigenvalue weighted by Gasteiger charge is 2.16. The quantitative estimate of drug-likeness (QED) is 0.609. The van der Waals surface area contributed by atoms with Crippen LogP contribution in [0.15, 0.2) is 35.7 Å². The van der Waals surface area contributed by atoms with Gasteiger partial charge in [0.2, 0.25) is 0 Å². The molecule has 0 unspecified atom stereocenters. The van der Waals surface area contributed by atoms with Crippen LogP contribution in [0.1, 0.15) is 46.7 Å². The number of thiophene rings is 1. The predicted octanol–water partition coefficient (Wildman–Crippen LogP) is 3.44. The first-order valence-electron chi connectivity index (χ1n) is 8.99. The first-order valence-corrected chi connectivity index (χ1v) is 9.87. The van der Waals surface area contributed by atoms with Crippen molar-refractivity contribution < 1.29 is 28.6 Å². The fourth-order valence-electron chi connectivity index (χ4n) is 2.14. The van der Waals surface area contributed by atoms with Crippen LogP contribution in [-0.4, -0.2) is 37.6 Å². The van der Waals surface area contributed by atoms with Crippen LogP contribution >= 0.6 is 11.3 Å². The number of hydrogen-bond donors (Lipinski definition) is 1. The maximum Gasteiger partial charge on any atom is 0.338 e. The molecule has 2 rings (SSSR count). The topological polar surface area (TPSA) is 90.9 Å². The van der Waals surface area contributed by atoms with Gasteiger partial charge in [-0.3, -0.25) is 14.9 Å². The third-order valence-electron chi connectivity index (χ3n) is 3.44. The second kappa shape index (κ2) is 11.1. The minimum Gasteiger partial charge on any atom is -0.490 e. The Morgan fingerprint density at radius 2 is 1.71 bits per heavy atom. The van der Waals surface area contributed by atoms with E-state index in [1.54, 1.807) is 29.6 Å². The van der Waals surface area contributed by atoms with Crippen molar-refractivity contribution in [2.75, 3.05) is 19.8 Å². The Labute approximate surface area is 167 Å². The number of imide groups is 1. The minimum absolute atomic E-state index is 0.229. The van der Waals surface area contributed by atoms with Gasteiger partial charge in [-0.25, -0.2) is 4.79 Å². The van der Waals surface area contributed by atoms with Crippen molar-refractivity contribution in [1.82, 2.24) is 5.32 Å². The van der Waals surface area contributed by atoms with Gasteiger partial charge in [0, 0.05) is 0 Å². The van der Waals surface area contributed by atoms with Crippen LogP contribution in [0, 0.1) is 0 Å². The van der Waals surface area contributed by atoms with E-state index in [1.807, 2.05) is 13.8 Å². The minimum atomic E-state index is -0.697. The molecule has 0 aliphatic heterocycles. The molecule has 0 saturated carbocycles. The summed E-state index contributed by atoms with van der Waals surface area (Å²) in [5, 5.41) is 3.90. The molecule has 0 bridgehead atoms. The van der Waals surface area contributed by atoms with Crippen molar-refractivity contribution in [3.63, 3.8) is 0 Å². The van der Waals surface area contributed by atoms with Crippen LogP contribution in [0.5, 0.6) is 11.5 Å². The summed E-state index contributed by atoms with van der Waals surface area (Å²) in [7, 11) is 0. The average molecular weight is 405 g/mol. The number of nitrogens with one attached hydrogen (secondary N) is 1. The van der Waals surface area contributed by atoms with Crippen LogP contribution in [0.2, 0.25) is 0 Å². The van der Waals surface area contributed by atoms with Crippen molar-refractivity contribution in [3.8, 4) is 11.5 Å². The molecule has 1 N–H and O–H groups in total. The van der Waals surface area contributed by atoms with Gasteiger partial charge in [-0.05, 0) is 42.5 Å². The SMILES string of the molecule is CCCOc1ccc(C(=O)OCC(=O)NC(=O)c2cccs2)cc1OCCC. The fraction of sp³-hybridized carbons (Fsp3) is 0.350. The largest absolute Gasteiger partial charge is 0.490 e. The van der Waals surface area contributed by atoms with E-state index in [0.717, 1.165) is 12.8 Å². The Balaban J connectivity index is 1.94. The highest BCUT2D eigenvalue weighted by molar-refractivity contribution is 7.12. The van der Waals surface area contributed by atoms with Crippen LogP contribution < -0.4 is 14.8 Å². The molecule has 0 aliphatic carbocycles. The highest BCUT2D eigenvalue weighted by Crippen LogP contribution is 2.29. The van der Waals surface area contributed by atoms with Crippen molar-refractivity contribution in [3.05, 3.63) is 46.2 Å². The second-order valence-electron chi connectivity index (χ2n) is 5.79. The molecule has 0 saturated heterocycles. The monoisotopic (exact) mass is 405 g/mol. The number of esters is 1. The zero-order chi connectivity index (χ0) is 20.4. The Bertz CT molecular complexity index is 803. The molecule has 0 fully saturated rings. The number of hydrogen-bond acceptors (Lipinski definition) is 7. The molecule has 28 heavy (non-hydrogen) atoms. The van der Waals surface area contributed by atoms with Gasteiger partial charge in [0.1, 0.15) is 0 Å². The third-order valence-corrected chi connectivity index (χ3v) is 4.30. The summed E-state index contributed by atoms with van der Waals surface area (Å²) in [4.78, 5) is 36.3. The summed E-state index contributed by atoms with van der Waals surface area (Å²) in [6, 6.07) is 8.01. The Morgan fingerprint density at radius 3 is 2.36 bits per heavy atom. The summed E-state index contributed by atoms with van der Waals surface area (Å²) in [6.45, 7) is 4.42. The molecular formula is C20H23NO6S. The van der Waals surface area contributed by atoms with E-state index in [4.69, 9.17) is 14.2 Å². The lowest BCUT2D eigenvalue weighted by Crippen LogP contribution is -2.33. The Kier molecular flexibility index (Phi) is 8.48. The summed E-state index contributed by atoms with van der Waals surface area (Å²) in [5.74, 6) is -0.920. The first-order chi connectivity index (χ1) is 13.5. The molecule has 0 radical (unpaired) electrons. The fourth-order valence-corrected chi connectivity index (χ4v) is 2.76. The van der Waals surface area contributed by atoms with Gasteiger partial charge in [-0.15, -0.1) is 11.3 Å². The maximum absolute atomic E-state index is 12.2. The van der Waals surface area contributed by atoms with Gasteiger partial charge in [-0.1, -0.05) is 19.9 Å². The first kappa shape index (κ1) is 21.4. The van der Waals surface area contributed by atoms with E-state index in [2.05, 4.69) is 5.32 Å². The molecular weight excluding hydrogens is 382 g/mol. The molecule has 2 amide bonds. The maximum atomic E-state index is 12.2. The number of rotatable bonds is 10. The lowest BCUT2D eigenvalue weighted by Gasteiger charge is -2.13. The van der Waals surface area contributed by atoms with E-state index in [9.17, 15) is 14.4 Å². The van der Waals surface area contributed by atoms with Gasteiger partial charge >= 0.3 is 5.97 Å². The zero-order valence-electron chi connectivity index (χ0n) is 15.9. The van der Waals surface area contributed by atoms with Crippen LogP contribution in [0.25, 0.3) is 0 Å². The van der Waals surface area contributed by atoms with Crippen molar-refractivity contribution >= 4 is 29.1 Å². The molecule has 1 aromatic carbocycles. The normalized spacial score (nSPS) is 10.2. The molecule has 8 heteroatoms. The molecule has 150 valence electrons. The molecule has 0 aliphatic rings. The van der Waals surface area contributed by atoms with Gasteiger partial charge in [-0.2, -0.15) is 0 Å².